The average Bonchev–Trinajstić information content (AvgIpc) is 3.40. The number of carbonyl (C=O) groups excluding carboxylic acids is 1. The van der Waals surface area contributed by atoms with E-state index in [0.717, 1.165) is 42.1 Å². The molecule has 1 aliphatic rings. The number of aryl methyl sites for hydroxylation is 1. The maximum absolute atomic E-state index is 12.8. The summed E-state index contributed by atoms with van der Waals surface area (Å²) in [4.78, 5) is 14.5. The van der Waals surface area contributed by atoms with E-state index in [0.29, 0.717) is 35.1 Å². The minimum absolute atomic E-state index is 0.0192. The molecule has 7 nitrogen and oxygen atoms in total. The van der Waals surface area contributed by atoms with Crippen LogP contribution in [0.15, 0.2) is 42.5 Å². The Hall–Kier alpha value is -2.84. The molecule has 0 atom stereocenters. The number of nitrogens with zero attached hydrogens (tertiary/aromatic N) is 4. The number of fused-ring (bicyclic) bond motifs is 1. The lowest BCUT2D eigenvalue weighted by molar-refractivity contribution is -0.130. The Kier molecular flexibility index (Phi) is 7.35. The minimum Gasteiger partial charge on any atom is -0.454 e. The second-order valence-corrected chi connectivity index (χ2v) is 8.83. The number of halogens is 1. The Morgan fingerprint density at radius 3 is 2.67 bits per heavy atom. The summed E-state index contributed by atoms with van der Waals surface area (Å²) >= 11 is 11.8. The van der Waals surface area contributed by atoms with Gasteiger partial charge in [-0.15, -0.1) is 0 Å². The molecule has 1 aliphatic heterocycles. The van der Waals surface area contributed by atoms with Crippen molar-refractivity contribution in [1.82, 2.24) is 19.2 Å². The molecule has 1 aromatic heterocycles. The van der Waals surface area contributed by atoms with Crippen molar-refractivity contribution in [3.05, 3.63) is 57.8 Å². The van der Waals surface area contributed by atoms with Crippen LogP contribution < -0.4 is 9.47 Å². The highest BCUT2D eigenvalue weighted by atomic mass is 35.5. The zero-order valence-electron chi connectivity index (χ0n) is 18.8. The normalized spacial score (nSPS) is 12.2. The van der Waals surface area contributed by atoms with Gasteiger partial charge in [0.05, 0.1) is 6.54 Å². The third kappa shape index (κ3) is 5.39. The zero-order chi connectivity index (χ0) is 23.4. The van der Waals surface area contributed by atoms with Gasteiger partial charge in [-0.05, 0) is 60.6 Å². The third-order valence-electron chi connectivity index (χ3n) is 5.58. The van der Waals surface area contributed by atoms with Gasteiger partial charge in [-0.2, -0.15) is 5.10 Å². The van der Waals surface area contributed by atoms with E-state index in [4.69, 9.17) is 38.4 Å². The Morgan fingerprint density at radius 2 is 1.91 bits per heavy atom. The van der Waals surface area contributed by atoms with Crippen LogP contribution in [-0.2, 0) is 24.4 Å². The first-order chi connectivity index (χ1) is 16.0. The van der Waals surface area contributed by atoms with Crippen molar-refractivity contribution in [2.45, 2.75) is 45.8 Å². The summed E-state index contributed by atoms with van der Waals surface area (Å²) in [5, 5.41) is 5.42. The molecule has 1 amide bonds. The molecule has 0 unspecified atom stereocenters. The van der Waals surface area contributed by atoms with E-state index in [-0.39, 0.29) is 12.7 Å². The molecule has 0 fully saturated rings. The first-order valence-corrected chi connectivity index (χ1v) is 11.8. The summed E-state index contributed by atoms with van der Waals surface area (Å²) in [7, 11) is 1.80. The van der Waals surface area contributed by atoms with Crippen molar-refractivity contribution in [1.29, 1.82) is 0 Å². The Morgan fingerprint density at radius 1 is 1.15 bits per heavy atom. The van der Waals surface area contributed by atoms with Crippen molar-refractivity contribution in [3.8, 4) is 22.9 Å². The van der Waals surface area contributed by atoms with Gasteiger partial charge >= 0.3 is 0 Å². The lowest BCUT2D eigenvalue weighted by Gasteiger charge is -2.17. The molecule has 9 heteroatoms. The monoisotopic (exact) mass is 486 g/mol. The van der Waals surface area contributed by atoms with Crippen LogP contribution >= 0.6 is 23.8 Å². The van der Waals surface area contributed by atoms with Gasteiger partial charge in [-0.25, -0.2) is 4.68 Å². The van der Waals surface area contributed by atoms with Gasteiger partial charge in [-0.3, -0.25) is 9.36 Å². The quantitative estimate of drug-likeness (QED) is 0.383. The van der Waals surface area contributed by atoms with Crippen LogP contribution in [0.5, 0.6) is 11.5 Å². The second kappa shape index (κ2) is 10.4. The van der Waals surface area contributed by atoms with Gasteiger partial charge in [0.15, 0.2) is 22.1 Å². The molecule has 0 aliphatic carbocycles. The summed E-state index contributed by atoms with van der Waals surface area (Å²) in [6.45, 7) is 4.07. The predicted molar refractivity (Wildman–Crippen MR) is 130 cm³/mol. The van der Waals surface area contributed by atoms with E-state index in [1.165, 1.54) is 0 Å². The van der Waals surface area contributed by atoms with Gasteiger partial charge in [0, 0.05) is 37.1 Å². The van der Waals surface area contributed by atoms with Gasteiger partial charge in [0.1, 0.15) is 0 Å². The SMILES string of the molecule is CCCCn1c(-c2ccc(Cl)cc2)nn(CCC(=O)N(C)Cc2ccc3c(c2)OCO3)c1=S. The number of amides is 1. The standard InChI is InChI=1S/C24H27ClN4O3S/c1-3-4-12-28-23(18-6-8-19(25)9-7-18)26-29(24(28)33)13-11-22(30)27(2)15-17-5-10-20-21(14-17)32-16-31-20/h5-10,14H,3-4,11-13,15-16H2,1-2H3. The highest BCUT2D eigenvalue weighted by molar-refractivity contribution is 7.71. The lowest BCUT2D eigenvalue weighted by atomic mass is 10.2. The molecule has 4 rings (SSSR count). The number of hydrogen-bond acceptors (Lipinski definition) is 5. The minimum atomic E-state index is 0.0192. The maximum atomic E-state index is 12.8. The van der Waals surface area contributed by atoms with Crippen molar-refractivity contribution in [2.75, 3.05) is 13.8 Å². The largest absolute Gasteiger partial charge is 0.454 e. The molecule has 0 bridgehead atoms. The number of benzene rings is 2. The van der Waals surface area contributed by atoms with E-state index in [2.05, 4.69) is 6.92 Å². The molecule has 0 saturated carbocycles. The summed E-state index contributed by atoms with van der Waals surface area (Å²) in [5.41, 5.74) is 1.94. The molecule has 33 heavy (non-hydrogen) atoms. The van der Waals surface area contributed by atoms with Crippen LogP contribution in [0.2, 0.25) is 5.02 Å². The number of carbonyl (C=O) groups is 1. The highest BCUT2D eigenvalue weighted by Crippen LogP contribution is 2.32. The molecule has 0 radical (unpaired) electrons. The number of unbranched alkanes of at least 4 members (excludes halogenated alkanes) is 1. The number of ether oxygens (including phenoxy) is 2. The molecule has 2 heterocycles. The average molecular weight is 487 g/mol. The smallest absolute Gasteiger partial charge is 0.231 e. The number of hydrogen-bond donors (Lipinski definition) is 0. The molecule has 174 valence electrons. The number of aromatic nitrogens is 3. The lowest BCUT2D eigenvalue weighted by Crippen LogP contribution is -2.27. The van der Waals surface area contributed by atoms with E-state index in [9.17, 15) is 4.79 Å². The summed E-state index contributed by atoms with van der Waals surface area (Å²) < 4.78 is 15.2. The Balaban J connectivity index is 1.45. The van der Waals surface area contributed by atoms with Gasteiger partial charge in [0.2, 0.25) is 12.7 Å². The molecular weight excluding hydrogens is 460 g/mol. The molecule has 0 saturated heterocycles. The fraction of sp³-hybridized carbons (Fsp3) is 0.375. The fourth-order valence-corrected chi connectivity index (χ4v) is 4.15. The third-order valence-corrected chi connectivity index (χ3v) is 6.26. The predicted octanol–water partition coefficient (Wildman–Crippen LogP) is 5.31. The van der Waals surface area contributed by atoms with Gasteiger partial charge in [-0.1, -0.05) is 31.0 Å². The Labute approximate surface area is 203 Å². The molecule has 2 aromatic carbocycles. The Bertz CT molecular complexity index is 1190. The van der Waals surface area contributed by atoms with Gasteiger partial charge < -0.3 is 14.4 Å². The topological polar surface area (TPSA) is 61.5 Å². The van der Waals surface area contributed by atoms with Crippen LogP contribution in [0.4, 0.5) is 0 Å². The van der Waals surface area contributed by atoms with E-state index in [1.807, 2.05) is 47.0 Å². The van der Waals surface area contributed by atoms with E-state index >= 15 is 0 Å². The van der Waals surface area contributed by atoms with Crippen molar-refractivity contribution in [2.24, 2.45) is 0 Å². The van der Waals surface area contributed by atoms with Crippen molar-refractivity contribution >= 4 is 29.7 Å². The highest BCUT2D eigenvalue weighted by Gasteiger charge is 2.17. The van der Waals surface area contributed by atoms with E-state index < -0.39 is 0 Å². The summed E-state index contributed by atoms with van der Waals surface area (Å²) in [6, 6.07) is 13.3. The summed E-state index contributed by atoms with van der Waals surface area (Å²) in [6.07, 6.45) is 2.36. The molecule has 0 spiro atoms. The fourth-order valence-electron chi connectivity index (χ4n) is 3.71. The molecular formula is C24H27ClN4O3S. The van der Waals surface area contributed by atoms with Gasteiger partial charge in [0.25, 0.3) is 0 Å². The van der Waals surface area contributed by atoms with Crippen molar-refractivity contribution < 1.29 is 14.3 Å². The van der Waals surface area contributed by atoms with Crippen LogP contribution in [0, 0.1) is 4.77 Å². The molecule has 0 N–H and O–H groups in total. The van der Waals surface area contributed by atoms with E-state index in [1.54, 1.807) is 16.6 Å². The zero-order valence-corrected chi connectivity index (χ0v) is 20.4. The van der Waals surface area contributed by atoms with Crippen molar-refractivity contribution in [3.63, 3.8) is 0 Å². The first-order valence-electron chi connectivity index (χ1n) is 11.0. The maximum Gasteiger partial charge on any atom is 0.231 e. The van der Waals surface area contributed by atoms with Crippen LogP contribution in [0.3, 0.4) is 0 Å². The summed E-state index contributed by atoms with van der Waals surface area (Å²) in [5.74, 6) is 2.27. The van der Waals surface area contributed by atoms with Crippen LogP contribution in [0.1, 0.15) is 31.7 Å². The van der Waals surface area contributed by atoms with Crippen LogP contribution in [-0.4, -0.2) is 39.0 Å². The van der Waals surface area contributed by atoms with Crippen LogP contribution in [0.25, 0.3) is 11.4 Å². The first kappa shape index (κ1) is 23.3. The second-order valence-electron chi connectivity index (χ2n) is 8.03. The number of rotatable bonds is 9. The molecule has 3 aromatic rings.